The van der Waals surface area contributed by atoms with Gasteiger partial charge in [0.15, 0.2) is 0 Å². The summed E-state index contributed by atoms with van der Waals surface area (Å²) >= 11 is 0. The van der Waals surface area contributed by atoms with Crippen LogP contribution in [0.1, 0.15) is 12.8 Å². The monoisotopic (exact) mass is 127 g/mol. The molecule has 2 rings (SSSR count). The Labute approximate surface area is 53.1 Å². The fourth-order valence-corrected chi connectivity index (χ4v) is 1.70. The standard InChI is InChI=1S/C6H9NO2/c8-5(9)6-3-4(6)1-2-7-6/h4,7H,1-3H2,(H,8,9)/t4?,6-/m0/s1. The predicted octanol–water partition coefficient (Wildman–Crippen LogP) is -0.177. The summed E-state index contributed by atoms with van der Waals surface area (Å²) in [5, 5.41) is 11.7. The Balaban J connectivity index is 2.19. The average molecular weight is 127 g/mol. The van der Waals surface area contributed by atoms with E-state index < -0.39 is 11.5 Å². The molecule has 50 valence electrons. The van der Waals surface area contributed by atoms with Crippen molar-refractivity contribution in [2.45, 2.75) is 18.4 Å². The molecule has 0 aromatic heterocycles. The maximum atomic E-state index is 10.5. The highest BCUT2D eigenvalue weighted by Gasteiger charge is 2.62. The normalized spacial score (nSPS) is 46.4. The van der Waals surface area contributed by atoms with Gasteiger partial charge in [-0.05, 0) is 25.3 Å². The van der Waals surface area contributed by atoms with Crippen molar-refractivity contribution >= 4 is 5.97 Å². The maximum Gasteiger partial charge on any atom is 0.324 e. The molecule has 2 N–H and O–H groups in total. The van der Waals surface area contributed by atoms with Crippen molar-refractivity contribution in [3.05, 3.63) is 0 Å². The lowest BCUT2D eigenvalue weighted by Crippen LogP contribution is -2.36. The van der Waals surface area contributed by atoms with Crippen molar-refractivity contribution in [2.75, 3.05) is 6.54 Å². The van der Waals surface area contributed by atoms with Gasteiger partial charge in [-0.3, -0.25) is 4.79 Å². The minimum absolute atomic E-state index is 0.440. The number of hydrogen-bond acceptors (Lipinski definition) is 2. The smallest absolute Gasteiger partial charge is 0.324 e. The van der Waals surface area contributed by atoms with Crippen LogP contribution in [0.15, 0.2) is 0 Å². The first-order valence-corrected chi connectivity index (χ1v) is 3.24. The summed E-state index contributed by atoms with van der Waals surface area (Å²) in [6.07, 6.45) is 1.90. The molecule has 1 heterocycles. The summed E-state index contributed by atoms with van der Waals surface area (Å²) in [6.45, 7) is 0.886. The van der Waals surface area contributed by atoms with Crippen molar-refractivity contribution in [2.24, 2.45) is 5.92 Å². The molecule has 3 nitrogen and oxygen atoms in total. The predicted molar refractivity (Wildman–Crippen MR) is 31.1 cm³/mol. The lowest BCUT2D eigenvalue weighted by Gasteiger charge is -2.04. The van der Waals surface area contributed by atoms with E-state index in [9.17, 15) is 4.79 Å². The fraction of sp³-hybridized carbons (Fsp3) is 0.833. The maximum absolute atomic E-state index is 10.5. The number of carboxylic acid groups (broad SMARTS) is 1. The van der Waals surface area contributed by atoms with Gasteiger partial charge in [0.2, 0.25) is 0 Å². The molecule has 1 aliphatic heterocycles. The van der Waals surface area contributed by atoms with Gasteiger partial charge >= 0.3 is 5.97 Å². The Morgan fingerprint density at radius 3 is 2.78 bits per heavy atom. The van der Waals surface area contributed by atoms with E-state index in [1.165, 1.54) is 0 Å². The molecule has 3 heteroatoms. The summed E-state index contributed by atoms with van der Waals surface area (Å²) in [5.74, 6) is -0.222. The minimum atomic E-state index is -0.662. The highest BCUT2D eigenvalue weighted by Crippen LogP contribution is 2.49. The van der Waals surface area contributed by atoms with Crippen LogP contribution in [-0.4, -0.2) is 23.2 Å². The van der Waals surface area contributed by atoms with E-state index in [0.29, 0.717) is 5.92 Å². The zero-order valence-electron chi connectivity index (χ0n) is 5.05. The summed E-state index contributed by atoms with van der Waals surface area (Å²) in [4.78, 5) is 10.5. The van der Waals surface area contributed by atoms with Crippen molar-refractivity contribution in [1.82, 2.24) is 5.32 Å². The largest absolute Gasteiger partial charge is 0.480 e. The quantitative estimate of drug-likeness (QED) is 0.514. The van der Waals surface area contributed by atoms with E-state index in [1.807, 2.05) is 0 Å². The zero-order chi connectivity index (χ0) is 6.48. The minimum Gasteiger partial charge on any atom is -0.480 e. The highest BCUT2D eigenvalue weighted by atomic mass is 16.4. The van der Waals surface area contributed by atoms with Crippen LogP contribution < -0.4 is 5.32 Å². The number of fused-ring (bicyclic) bond motifs is 1. The second-order valence-corrected chi connectivity index (χ2v) is 2.89. The van der Waals surface area contributed by atoms with E-state index in [-0.39, 0.29) is 0 Å². The molecule has 1 unspecified atom stereocenters. The molecule has 0 bridgehead atoms. The van der Waals surface area contributed by atoms with Gasteiger partial charge in [-0.15, -0.1) is 0 Å². The molecule has 0 aromatic rings. The van der Waals surface area contributed by atoms with Crippen molar-refractivity contribution in [3.63, 3.8) is 0 Å². The molecule has 1 saturated heterocycles. The van der Waals surface area contributed by atoms with Crippen LogP contribution in [0, 0.1) is 5.92 Å². The van der Waals surface area contributed by atoms with Gasteiger partial charge < -0.3 is 10.4 Å². The van der Waals surface area contributed by atoms with Gasteiger partial charge in [0, 0.05) is 0 Å². The second-order valence-electron chi connectivity index (χ2n) is 2.89. The van der Waals surface area contributed by atoms with Crippen LogP contribution in [-0.2, 0) is 4.79 Å². The van der Waals surface area contributed by atoms with Crippen LogP contribution in [0.4, 0.5) is 0 Å². The topological polar surface area (TPSA) is 49.3 Å². The third kappa shape index (κ3) is 0.477. The number of carbonyl (C=O) groups is 1. The van der Waals surface area contributed by atoms with E-state index >= 15 is 0 Å². The van der Waals surface area contributed by atoms with Gasteiger partial charge in [0.05, 0.1) is 0 Å². The van der Waals surface area contributed by atoms with Gasteiger partial charge in [-0.2, -0.15) is 0 Å². The Morgan fingerprint density at radius 2 is 2.56 bits per heavy atom. The molecule has 2 atom stereocenters. The summed E-state index contributed by atoms with van der Waals surface area (Å²) in [5.41, 5.74) is -0.472. The number of hydrogen-bond donors (Lipinski definition) is 2. The van der Waals surface area contributed by atoms with Gasteiger partial charge in [-0.25, -0.2) is 0 Å². The Hall–Kier alpha value is -0.570. The van der Waals surface area contributed by atoms with E-state index in [1.54, 1.807) is 0 Å². The van der Waals surface area contributed by atoms with Crippen molar-refractivity contribution in [1.29, 1.82) is 0 Å². The molecular weight excluding hydrogens is 118 g/mol. The van der Waals surface area contributed by atoms with Crippen LogP contribution in [0.2, 0.25) is 0 Å². The highest BCUT2D eigenvalue weighted by molar-refractivity contribution is 5.83. The average Bonchev–Trinajstić information content (AvgIpc) is 2.38. The first-order valence-electron chi connectivity index (χ1n) is 3.24. The molecule has 9 heavy (non-hydrogen) atoms. The molecular formula is C6H9NO2. The number of carboxylic acids is 1. The summed E-state index contributed by atoms with van der Waals surface area (Å²) < 4.78 is 0. The first kappa shape index (κ1) is 5.23. The van der Waals surface area contributed by atoms with Gasteiger partial charge in [0.1, 0.15) is 5.54 Å². The molecule has 2 aliphatic rings. The van der Waals surface area contributed by atoms with E-state index in [4.69, 9.17) is 5.11 Å². The van der Waals surface area contributed by atoms with Crippen molar-refractivity contribution < 1.29 is 9.90 Å². The number of nitrogens with one attached hydrogen (secondary N) is 1. The van der Waals surface area contributed by atoms with Crippen molar-refractivity contribution in [3.8, 4) is 0 Å². The molecule has 1 aliphatic carbocycles. The number of rotatable bonds is 1. The third-order valence-electron chi connectivity index (χ3n) is 2.42. The Kier molecular flexibility index (Phi) is 0.750. The first-order chi connectivity index (χ1) is 4.26. The number of aliphatic carboxylic acids is 1. The lowest BCUT2D eigenvalue weighted by molar-refractivity contribution is -0.140. The van der Waals surface area contributed by atoms with Crippen LogP contribution in [0.25, 0.3) is 0 Å². The third-order valence-corrected chi connectivity index (χ3v) is 2.42. The van der Waals surface area contributed by atoms with E-state index in [0.717, 1.165) is 19.4 Å². The van der Waals surface area contributed by atoms with Gasteiger partial charge in [-0.1, -0.05) is 0 Å². The molecule has 0 amide bonds. The SMILES string of the molecule is O=C(O)[C@]12CC1CCN2. The summed E-state index contributed by atoms with van der Waals surface area (Å²) in [7, 11) is 0. The molecule has 0 radical (unpaired) electrons. The van der Waals surface area contributed by atoms with Crippen LogP contribution in [0.5, 0.6) is 0 Å². The van der Waals surface area contributed by atoms with Gasteiger partial charge in [0.25, 0.3) is 0 Å². The Morgan fingerprint density at radius 1 is 1.78 bits per heavy atom. The fourth-order valence-electron chi connectivity index (χ4n) is 1.70. The van der Waals surface area contributed by atoms with E-state index in [2.05, 4.69) is 5.32 Å². The number of piperidine rings is 1. The zero-order valence-corrected chi connectivity index (χ0v) is 5.05. The molecule has 0 aromatic carbocycles. The molecule has 2 fully saturated rings. The summed E-state index contributed by atoms with van der Waals surface area (Å²) in [6, 6.07) is 0. The van der Waals surface area contributed by atoms with Crippen LogP contribution >= 0.6 is 0 Å². The van der Waals surface area contributed by atoms with Crippen LogP contribution in [0.3, 0.4) is 0 Å². The Bertz CT molecular complexity index is 168. The second kappa shape index (κ2) is 1.29. The lowest BCUT2D eigenvalue weighted by atomic mass is 10.2. The molecule has 0 spiro atoms. The molecule has 1 saturated carbocycles.